The van der Waals surface area contributed by atoms with Crippen molar-refractivity contribution < 1.29 is 9.21 Å². The Hall–Kier alpha value is -3.80. The van der Waals surface area contributed by atoms with Crippen LogP contribution in [0.1, 0.15) is 16.2 Å². The fraction of sp³-hybridized carbons (Fsp3) is 0.0476. The number of hydrogen-bond acceptors (Lipinski definition) is 5. The van der Waals surface area contributed by atoms with Gasteiger partial charge in [0, 0.05) is 23.5 Å². The third-order valence-corrected chi connectivity index (χ3v) is 4.05. The van der Waals surface area contributed by atoms with Crippen LogP contribution >= 0.6 is 0 Å². The molecule has 2 heterocycles. The third-order valence-electron chi connectivity index (χ3n) is 4.05. The van der Waals surface area contributed by atoms with Crippen LogP contribution in [0, 0.1) is 0 Å². The number of amides is 1. The SMILES string of the molecule is O=C(NCc1nnc(-c2ccncc2)o1)c1ccc(-c2ccccc2)cc1. The summed E-state index contributed by atoms with van der Waals surface area (Å²) >= 11 is 0. The molecule has 0 fully saturated rings. The second-order valence-corrected chi connectivity index (χ2v) is 5.86. The Labute approximate surface area is 155 Å². The molecule has 0 radical (unpaired) electrons. The zero-order valence-corrected chi connectivity index (χ0v) is 14.4. The predicted octanol–water partition coefficient (Wildman–Crippen LogP) is 3.73. The first kappa shape index (κ1) is 16.7. The Morgan fingerprint density at radius 1 is 0.815 bits per heavy atom. The minimum atomic E-state index is -0.196. The first-order valence-electron chi connectivity index (χ1n) is 8.46. The molecule has 0 aliphatic carbocycles. The number of benzene rings is 2. The van der Waals surface area contributed by atoms with Crippen LogP contribution in [0.3, 0.4) is 0 Å². The number of nitrogens with zero attached hydrogens (tertiary/aromatic N) is 3. The Morgan fingerprint density at radius 3 is 2.26 bits per heavy atom. The standard InChI is InChI=1S/C21H16N4O2/c26-20(17-8-6-16(7-9-17)15-4-2-1-3-5-15)23-14-19-24-25-21(27-19)18-10-12-22-13-11-18/h1-13H,14H2,(H,23,26). The van der Waals surface area contributed by atoms with Crippen molar-refractivity contribution >= 4 is 5.91 Å². The molecule has 2 aromatic heterocycles. The van der Waals surface area contributed by atoms with E-state index in [-0.39, 0.29) is 12.5 Å². The maximum atomic E-state index is 12.3. The molecule has 4 aromatic rings. The van der Waals surface area contributed by atoms with Crippen molar-refractivity contribution in [3.8, 4) is 22.6 Å². The van der Waals surface area contributed by atoms with E-state index in [4.69, 9.17) is 4.42 Å². The highest BCUT2D eigenvalue weighted by molar-refractivity contribution is 5.94. The average Bonchev–Trinajstić information content (AvgIpc) is 3.22. The summed E-state index contributed by atoms with van der Waals surface area (Å²) in [5.41, 5.74) is 3.53. The molecular weight excluding hydrogens is 340 g/mol. The van der Waals surface area contributed by atoms with Gasteiger partial charge in [0.05, 0.1) is 6.54 Å². The highest BCUT2D eigenvalue weighted by Gasteiger charge is 2.11. The van der Waals surface area contributed by atoms with Crippen LogP contribution in [-0.2, 0) is 6.54 Å². The molecule has 0 aliphatic rings. The van der Waals surface area contributed by atoms with Gasteiger partial charge in [-0.2, -0.15) is 0 Å². The normalized spacial score (nSPS) is 10.5. The number of pyridine rings is 1. The minimum Gasteiger partial charge on any atom is -0.419 e. The van der Waals surface area contributed by atoms with E-state index >= 15 is 0 Å². The summed E-state index contributed by atoms with van der Waals surface area (Å²) in [6.45, 7) is 0.164. The minimum absolute atomic E-state index is 0.164. The van der Waals surface area contributed by atoms with E-state index < -0.39 is 0 Å². The van der Waals surface area contributed by atoms with E-state index in [2.05, 4.69) is 20.5 Å². The molecule has 6 nitrogen and oxygen atoms in total. The van der Waals surface area contributed by atoms with Gasteiger partial charge in [-0.1, -0.05) is 42.5 Å². The van der Waals surface area contributed by atoms with Crippen LogP contribution in [0.25, 0.3) is 22.6 Å². The first-order valence-corrected chi connectivity index (χ1v) is 8.46. The van der Waals surface area contributed by atoms with Crippen molar-refractivity contribution in [2.24, 2.45) is 0 Å². The quantitative estimate of drug-likeness (QED) is 0.589. The van der Waals surface area contributed by atoms with E-state index in [0.717, 1.165) is 16.7 Å². The number of aromatic nitrogens is 3. The van der Waals surface area contributed by atoms with E-state index in [1.165, 1.54) is 0 Å². The summed E-state index contributed by atoms with van der Waals surface area (Å²) in [5, 5.41) is 10.7. The van der Waals surface area contributed by atoms with Gasteiger partial charge < -0.3 is 9.73 Å². The molecule has 1 amide bonds. The molecule has 0 spiro atoms. The lowest BCUT2D eigenvalue weighted by Gasteiger charge is -2.05. The van der Waals surface area contributed by atoms with Crippen molar-refractivity contribution in [3.63, 3.8) is 0 Å². The molecule has 1 N–H and O–H groups in total. The molecule has 27 heavy (non-hydrogen) atoms. The number of hydrogen-bond donors (Lipinski definition) is 1. The number of nitrogens with one attached hydrogen (secondary N) is 1. The molecule has 0 atom stereocenters. The van der Waals surface area contributed by atoms with E-state index in [1.54, 1.807) is 36.7 Å². The average molecular weight is 356 g/mol. The first-order chi connectivity index (χ1) is 13.3. The number of rotatable bonds is 5. The topological polar surface area (TPSA) is 80.9 Å². The van der Waals surface area contributed by atoms with Gasteiger partial charge in [0.2, 0.25) is 11.8 Å². The Morgan fingerprint density at radius 2 is 1.52 bits per heavy atom. The van der Waals surface area contributed by atoms with Gasteiger partial charge in [0.15, 0.2) is 0 Å². The largest absolute Gasteiger partial charge is 0.419 e. The van der Waals surface area contributed by atoms with Gasteiger partial charge in [-0.25, -0.2) is 0 Å². The predicted molar refractivity (Wildman–Crippen MR) is 101 cm³/mol. The lowest BCUT2D eigenvalue weighted by Crippen LogP contribution is -2.22. The third kappa shape index (κ3) is 3.90. The lowest BCUT2D eigenvalue weighted by atomic mass is 10.0. The van der Waals surface area contributed by atoms with Gasteiger partial charge in [0.1, 0.15) is 0 Å². The molecule has 6 heteroatoms. The van der Waals surface area contributed by atoms with Crippen LogP contribution < -0.4 is 5.32 Å². The maximum absolute atomic E-state index is 12.3. The number of carbonyl (C=O) groups is 1. The molecular formula is C21H16N4O2. The van der Waals surface area contributed by atoms with E-state index in [1.807, 2.05) is 42.5 Å². The number of carbonyl (C=O) groups excluding carboxylic acids is 1. The van der Waals surface area contributed by atoms with Crippen molar-refractivity contribution in [3.05, 3.63) is 90.6 Å². The summed E-state index contributed by atoms with van der Waals surface area (Å²) in [4.78, 5) is 16.3. The summed E-state index contributed by atoms with van der Waals surface area (Å²) in [6, 6.07) is 21.0. The van der Waals surface area contributed by atoms with Gasteiger partial charge in [-0.15, -0.1) is 10.2 Å². The second kappa shape index (κ2) is 7.61. The zero-order chi connectivity index (χ0) is 18.5. The van der Waals surface area contributed by atoms with E-state index in [0.29, 0.717) is 17.3 Å². The second-order valence-electron chi connectivity index (χ2n) is 5.86. The monoisotopic (exact) mass is 356 g/mol. The van der Waals surface area contributed by atoms with Crippen LogP contribution in [-0.4, -0.2) is 21.1 Å². The maximum Gasteiger partial charge on any atom is 0.251 e. The zero-order valence-electron chi connectivity index (χ0n) is 14.4. The van der Waals surface area contributed by atoms with E-state index in [9.17, 15) is 4.79 Å². The molecule has 2 aromatic carbocycles. The Balaban J connectivity index is 1.39. The molecule has 0 saturated heterocycles. The van der Waals surface area contributed by atoms with Gasteiger partial charge in [-0.3, -0.25) is 9.78 Å². The van der Waals surface area contributed by atoms with Gasteiger partial charge in [0.25, 0.3) is 5.91 Å². The van der Waals surface area contributed by atoms with Crippen molar-refractivity contribution in [2.75, 3.05) is 0 Å². The summed E-state index contributed by atoms with van der Waals surface area (Å²) < 4.78 is 5.57. The van der Waals surface area contributed by atoms with Crippen LogP contribution in [0.2, 0.25) is 0 Å². The summed E-state index contributed by atoms with van der Waals surface area (Å²) in [6.07, 6.45) is 3.31. The van der Waals surface area contributed by atoms with Crippen molar-refractivity contribution in [1.29, 1.82) is 0 Å². The fourth-order valence-corrected chi connectivity index (χ4v) is 2.64. The molecule has 4 rings (SSSR count). The fourth-order valence-electron chi connectivity index (χ4n) is 2.64. The molecule has 0 aliphatic heterocycles. The van der Waals surface area contributed by atoms with Crippen LogP contribution in [0.4, 0.5) is 0 Å². The Bertz CT molecular complexity index is 1030. The van der Waals surface area contributed by atoms with Gasteiger partial charge in [-0.05, 0) is 35.4 Å². The molecule has 132 valence electrons. The smallest absolute Gasteiger partial charge is 0.251 e. The van der Waals surface area contributed by atoms with Crippen LogP contribution in [0.15, 0.2) is 83.5 Å². The summed E-state index contributed by atoms with van der Waals surface area (Å²) in [5.74, 6) is 0.545. The lowest BCUT2D eigenvalue weighted by molar-refractivity contribution is 0.0947. The molecule has 0 saturated carbocycles. The highest BCUT2D eigenvalue weighted by atomic mass is 16.4. The van der Waals surface area contributed by atoms with Crippen molar-refractivity contribution in [2.45, 2.75) is 6.54 Å². The van der Waals surface area contributed by atoms with Gasteiger partial charge >= 0.3 is 0 Å². The summed E-state index contributed by atoms with van der Waals surface area (Å²) in [7, 11) is 0. The van der Waals surface area contributed by atoms with Crippen LogP contribution in [0.5, 0.6) is 0 Å². The highest BCUT2D eigenvalue weighted by Crippen LogP contribution is 2.19. The molecule has 0 unspecified atom stereocenters. The Kier molecular flexibility index (Phi) is 4.70. The van der Waals surface area contributed by atoms with Crippen molar-refractivity contribution in [1.82, 2.24) is 20.5 Å². The molecule has 0 bridgehead atoms.